The fourth-order valence-corrected chi connectivity index (χ4v) is 3.89. The lowest BCUT2D eigenvalue weighted by Gasteiger charge is -2.39. The molecule has 0 bridgehead atoms. The standard InChI is InChI=1S/C27H45N3O4S/c1-18(2)15-16-19(3)30(24(32)21(17-35)28-25(33)34-27(7,8)9)22(20-13-11-10-12-14-20)23(31)29-26(4,5)6/h10-14,18-19,21-22,35H,15-17H2,1-9H3,(H,28,33)(H,29,31). The zero-order valence-corrected chi connectivity index (χ0v) is 23.7. The summed E-state index contributed by atoms with van der Waals surface area (Å²) in [7, 11) is 0. The van der Waals surface area contributed by atoms with E-state index in [0.29, 0.717) is 17.9 Å². The molecule has 3 unspecified atom stereocenters. The molecule has 0 saturated carbocycles. The number of carbonyl (C=O) groups is 3. The normalized spacial score (nSPS) is 14.6. The third-order valence-corrected chi connectivity index (χ3v) is 5.57. The third kappa shape index (κ3) is 10.9. The number of hydrogen-bond donors (Lipinski definition) is 3. The molecule has 1 aromatic rings. The molecule has 35 heavy (non-hydrogen) atoms. The molecule has 0 heterocycles. The molecule has 2 N–H and O–H groups in total. The van der Waals surface area contributed by atoms with Crippen LogP contribution in [0.2, 0.25) is 0 Å². The van der Waals surface area contributed by atoms with E-state index < -0.39 is 29.3 Å². The van der Waals surface area contributed by atoms with Crippen molar-refractivity contribution < 1.29 is 19.1 Å². The van der Waals surface area contributed by atoms with E-state index in [2.05, 4.69) is 37.1 Å². The molecule has 0 aromatic heterocycles. The Morgan fingerprint density at radius 2 is 1.54 bits per heavy atom. The summed E-state index contributed by atoms with van der Waals surface area (Å²) in [6, 6.07) is 7.18. The first-order chi connectivity index (χ1) is 16.1. The molecule has 198 valence electrons. The maximum absolute atomic E-state index is 14.0. The highest BCUT2D eigenvalue weighted by Gasteiger charge is 2.39. The molecule has 0 spiro atoms. The zero-order valence-electron chi connectivity index (χ0n) is 22.8. The zero-order chi connectivity index (χ0) is 27.0. The Hall–Kier alpha value is -2.22. The maximum atomic E-state index is 14.0. The van der Waals surface area contributed by atoms with Crippen molar-refractivity contribution in [3.8, 4) is 0 Å². The molecule has 8 heteroatoms. The van der Waals surface area contributed by atoms with Gasteiger partial charge in [0, 0.05) is 17.3 Å². The Bertz CT molecular complexity index is 831. The van der Waals surface area contributed by atoms with Crippen LogP contribution >= 0.6 is 12.6 Å². The van der Waals surface area contributed by atoms with E-state index in [1.54, 1.807) is 25.7 Å². The van der Waals surface area contributed by atoms with Gasteiger partial charge in [0.2, 0.25) is 11.8 Å². The van der Waals surface area contributed by atoms with E-state index in [0.717, 1.165) is 6.42 Å². The monoisotopic (exact) mass is 507 g/mol. The van der Waals surface area contributed by atoms with Gasteiger partial charge in [0.15, 0.2) is 0 Å². The number of hydrogen-bond acceptors (Lipinski definition) is 5. The Morgan fingerprint density at radius 3 is 2.00 bits per heavy atom. The van der Waals surface area contributed by atoms with Crippen LogP contribution in [0.1, 0.15) is 86.8 Å². The van der Waals surface area contributed by atoms with Gasteiger partial charge >= 0.3 is 6.09 Å². The Morgan fingerprint density at radius 1 is 0.971 bits per heavy atom. The van der Waals surface area contributed by atoms with Crippen molar-refractivity contribution in [1.82, 2.24) is 15.5 Å². The fourth-order valence-electron chi connectivity index (χ4n) is 3.64. The minimum absolute atomic E-state index is 0.0634. The van der Waals surface area contributed by atoms with Gasteiger partial charge in [-0.05, 0) is 72.8 Å². The van der Waals surface area contributed by atoms with Crippen LogP contribution in [0.25, 0.3) is 0 Å². The molecule has 0 aliphatic heterocycles. The first-order valence-electron chi connectivity index (χ1n) is 12.3. The van der Waals surface area contributed by atoms with E-state index in [-0.39, 0.29) is 23.6 Å². The first kappa shape index (κ1) is 30.8. The topological polar surface area (TPSA) is 87.7 Å². The minimum atomic E-state index is -0.955. The number of nitrogens with zero attached hydrogens (tertiary/aromatic N) is 1. The van der Waals surface area contributed by atoms with Gasteiger partial charge in [-0.1, -0.05) is 44.2 Å². The summed E-state index contributed by atoms with van der Waals surface area (Å²) < 4.78 is 5.36. The number of thiol groups is 1. The van der Waals surface area contributed by atoms with Gasteiger partial charge < -0.3 is 20.3 Å². The number of amides is 3. The van der Waals surface area contributed by atoms with Crippen LogP contribution in [-0.4, -0.2) is 51.8 Å². The molecular weight excluding hydrogens is 462 g/mol. The summed E-state index contributed by atoms with van der Waals surface area (Å²) in [5, 5.41) is 5.69. The number of ether oxygens (including phenoxy) is 1. The van der Waals surface area contributed by atoms with Gasteiger partial charge in [0.1, 0.15) is 17.7 Å². The van der Waals surface area contributed by atoms with Gasteiger partial charge in [-0.15, -0.1) is 0 Å². The Labute approximate surface area is 217 Å². The molecule has 1 rings (SSSR count). The largest absolute Gasteiger partial charge is 0.444 e. The number of carbonyl (C=O) groups excluding carboxylic acids is 3. The predicted molar refractivity (Wildman–Crippen MR) is 144 cm³/mol. The molecule has 3 atom stereocenters. The molecular formula is C27H45N3O4S. The van der Waals surface area contributed by atoms with Crippen LogP contribution in [0.3, 0.4) is 0 Å². The summed E-state index contributed by atoms with van der Waals surface area (Å²) in [6.45, 7) is 17.2. The Balaban J connectivity index is 3.48. The quantitative estimate of drug-likeness (QED) is 0.384. The number of nitrogens with one attached hydrogen (secondary N) is 2. The minimum Gasteiger partial charge on any atom is -0.444 e. The second-order valence-corrected chi connectivity index (χ2v) is 11.9. The highest BCUT2D eigenvalue weighted by molar-refractivity contribution is 7.80. The smallest absolute Gasteiger partial charge is 0.408 e. The molecule has 7 nitrogen and oxygen atoms in total. The van der Waals surface area contributed by atoms with Crippen molar-refractivity contribution in [2.24, 2.45) is 5.92 Å². The molecule has 0 fully saturated rings. The molecule has 0 aliphatic rings. The van der Waals surface area contributed by atoms with Gasteiger partial charge in [0.25, 0.3) is 0 Å². The van der Waals surface area contributed by atoms with E-state index in [4.69, 9.17) is 4.74 Å². The fraction of sp³-hybridized carbons (Fsp3) is 0.667. The highest BCUT2D eigenvalue weighted by atomic mass is 32.1. The second-order valence-electron chi connectivity index (χ2n) is 11.5. The second kappa shape index (κ2) is 13.2. The first-order valence-corrected chi connectivity index (χ1v) is 13.0. The van der Waals surface area contributed by atoms with Crippen LogP contribution in [-0.2, 0) is 14.3 Å². The van der Waals surface area contributed by atoms with Crippen molar-refractivity contribution in [3.63, 3.8) is 0 Å². The molecule has 0 saturated heterocycles. The van der Waals surface area contributed by atoms with Crippen LogP contribution in [0.5, 0.6) is 0 Å². The average molecular weight is 508 g/mol. The molecule has 0 aliphatic carbocycles. The van der Waals surface area contributed by atoms with Crippen molar-refractivity contribution in [2.75, 3.05) is 5.75 Å². The van der Waals surface area contributed by atoms with Crippen molar-refractivity contribution in [2.45, 2.75) is 104 Å². The van der Waals surface area contributed by atoms with E-state index in [9.17, 15) is 14.4 Å². The van der Waals surface area contributed by atoms with E-state index in [1.165, 1.54) is 0 Å². The lowest BCUT2D eigenvalue weighted by atomic mass is 9.96. The van der Waals surface area contributed by atoms with Crippen LogP contribution in [0.4, 0.5) is 4.79 Å². The summed E-state index contributed by atoms with van der Waals surface area (Å²) in [5.74, 6) is -0.148. The van der Waals surface area contributed by atoms with E-state index in [1.807, 2.05) is 58.0 Å². The highest BCUT2D eigenvalue weighted by Crippen LogP contribution is 2.28. The summed E-state index contributed by atoms with van der Waals surface area (Å²) in [4.78, 5) is 41.7. The van der Waals surface area contributed by atoms with Crippen molar-refractivity contribution in [1.29, 1.82) is 0 Å². The lowest BCUT2D eigenvalue weighted by Crippen LogP contribution is -2.57. The van der Waals surface area contributed by atoms with Crippen LogP contribution < -0.4 is 10.6 Å². The predicted octanol–water partition coefficient (Wildman–Crippen LogP) is 5.12. The molecule has 1 aromatic carbocycles. The van der Waals surface area contributed by atoms with Crippen LogP contribution in [0, 0.1) is 5.92 Å². The van der Waals surface area contributed by atoms with Gasteiger partial charge in [-0.25, -0.2) is 4.79 Å². The Kier molecular flexibility index (Phi) is 11.6. The van der Waals surface area contributed by atoms with Crippen LogP contribution in [0.15, 0.2) is 30.3 Å². The van der Waals surface area contributed by atoms with Gasteiger partial charge in [0.05, 0.1) is 0 Å². The number of benzene rings is 1. The summed E-state index contributed by atoms with van der Waals surface area (Å²) >= 11 is 4.35. The summed E-state index contributed by atoms with van der Waals surface area (Å²) in [5.41, 5.74) is -0.496. The third-order valence-electron chi connectivity index (χ3n) is 5.20. The summed E-state index contributed by atoms with van der Waals surface area (Å²) in [6.07, 6.45) is 0.898. The maximum Gasteiger partial charge on any atom is 0.408 e. The molecule has 0 radical (unpaired) electrons. The van der Waals surface area contributed by atoms with E-state index >= 15 is 0 Å². The van der Waals surface area contributed by atoms with Gasteiger partial charge in [-0.2, -0.15) is 12.6 Å². The SMILES string of the molecule is CC(C)CCC(C)N(C(=O)C(CS)NC(=O)OC(C)(C)C)C(C(=O)NC(C)(C)C)c1ccccc1. The number of rotatable bonds is 10. The molecule has 3 amide bonds. The lowest BCUT2D eigenvalue weighted by molar-refractivity contribution is -0.145. The number of alkyl carbamates (subject to hydrolysis) is 1. The van der Waals surface area contributed by atoms with Gasteiger partial charge in [-0.3, -0.25) is 9.59 Å². The van der Waals surface area contributed by atoms with Crippen molar-refractivity contribution >= 4 is 30.5 Å². The average Bonchev–Trinajstić information content (AvgIpc) is 2.71. The van der Waals surface area contributed by atoms with Crippen molar-refractivity contribution in [3.05, 3.63) is 35.9 Å².